The first-order valence-corrected chi connectivity index (χ1v) is 6.92. The number of hydrogen-bond acceptors (Lipinski definition) is 3. The lowest BCUT2D eigenvalue weighted by Crippen LogP contribution is -2.32. The highest BCUT2D eigenvalue weighted by atomic mass is 79.9. The molecule has 1 unspecified atom stereocenters. The van der Waals surface area contributed by atoms with Crippen molar-refractivity contribution >= 4 is 27.3 Å². The molecule has 0 amide bonds. The van der Waals surface area contributed by atoms with Crippen LogP contribution < -0.4 is 5.32 Å². The zero-order valence-corrected chi connectivity index (χ0v) is 11.7. The predicted octanol–water partition coefficient (Wildman–Crippen LogP) is 3.07. The summed E-state index contributed by atoms with van der Waals surface area (Å²) < 4.78 is 6.76. The average Bonchev–Trinajstić information content (AvgIpc) is 2.63. The molecule has 0 aromatic carbocycles. The molecular formula is C11H18BrNOS. The Hall–Kier alpha value is 0.1000. The first-order valence-electron chi connectivity index (χ1n) is 5.24. The van der Waals surface area contributed by atoms with Crippen molar-refractivity contribution < 1.29 is 4.74 Å². The highest BCUT2D eigenvalue weighted by molar-refractivity contribution is 9.10. The van der Waals surface area contributed by atoms with Gasteiger partial charge in [-0.05, 0) is 40.8 Å². The van der Waals surface area contributed by atoms with Crippen LogP contribution in [0.1, 0.15) is 18.2 Å². The maximum absolute atomic E-state index is 5.55. The van der Waals surface area contributed by atoms with Crippen LogP contribution in [0.25, 0.3) is 0 Å². The summed E-state index contributed by atoms with van der Waals surface area (Å²) in [6.45, 7) is 3.77. The summed E-state index contributed by atoms with van der Waals surface area (Å²) in [5, 5.41) is 5.40. The lowest BCUT2D eigenvalue weighted by atomic mass is 10.2. The van der Waals surface area contributed by atoms with Crippen LogP contribution in [-0.4, -0.2) is 26.3 Å². The van der Waals surface area contributed by atoms with Crippen LogP contribution in [0.2, 0.25) is 0 Å². The van der Waals surface area contributed by atoms with Gasteiger partial charge in [-0.1, -0.05) is 6.92 Å². The van der Waals surface area contributed by atoms with E-state index in [1.165, 1.54) is 9.35 Å². The van der Waals surface area contributed by atoms with Gasteiger partial charge in [0.1, 0.15) is 0 Å². The number of halogens is 1. The molecule has 1 atom stereocenters. The molecular weight excluding hydrogens is 274 g/mol. The Morgan fingerprint density at radius 2 is 2.40 bits per heavy atom. The van der Waals surface area contributed by atoms with Crippen molar-refractivity contribution in [2.24, 2.45) is 0 Å². The van der Waals surface area contributed by atoms with Gasteiger partial charge in [-0.15, -0.1) is 11.3 Å². The fourth-order valence-electron chi connectivity index (χ4n) is 1.31. The summed E-state index contributed by atoms with van der Waals surface area (Å²) in [5.74, 6) is 0. The molecule has 0 spiro atoms. The summed E-state index contributed by atoms with van der Waals surface area (Å²) in [6, 6.07) is 2.51. The number of rotatable bonds is 7. The molecule has 0 aliphatic rings. The van der Waals surface area contributed by atoms with E-state index in [9.17, 15) is 0 Å². The monoisotopic (exact) mass is 291 g/mol. The standard InChI is InChI=1S/C11H18BrNOS/c1-3-5-14-8-9(13-2)7-11-10(12)4-6-15-11/h4,6,9,13H,3,5,7-8H2,1-2H3. The highest BCUT2D eigenvalue weighted by Gasteiger charge is 2.10. The predicted molar refractivity (Wildman–Crippen MR) is 69.7 cm³/mol. The number of thiophene rings is 1. The third kappa shape index (κ3) is 4.64. The van der Waals surface area contributed by atoms with E-state index in [0.29, 0.717) is 6.04 Å². The maximum atomic E-state index is 5.55. The number of nitrogens with one attached hydrogen (secondary N) is 1. The maximum Gasteiger partial charge on any atom is 0.0623 e. The molecule has 1 aromatic rings. The van der Waals surface area contributed by atoms with Crippen LogP contribution in [0.5, 0.6) is 0 Å². The summed E-state index contributed by atoms with van der Waals surface area (Å²) in [5.41, 5.74) is 0. The van der Waals surface area contributed by atoms with E-state index in [2.05, 4.69) is 39.6 Å². The van der Waals surface area contributed by atoms with E-state index in [4.69, 9.17) is 4.74 Å². The molecule has 0 aliphatic carbocycles. The Labute approximate surface area is 104 Å². The van der Waals surface area contributed by atoms with Crippen molar-refractivity contribution in [3.8, 4) is 0 Å². The average molecular weight is 292 g/mol. The molecule has 0 saturated heterocycles. The van der Waals surface area contributed by atoms with Gasteiger partial charge < -0.3 is 10.1 Å². The van der Waals surface area contributed by atoms with Gasteiger partial charge in [0.05, 0.1) is 6.61 Å². The normalized spacial score (nSPS) is 13.0. The molecule has 0 bridgehead atoms. The molecule has 15 heavy (non-hydrogen) atoms. The minimum atomic E-state index is 0.409. The molecule has 0 saturated carbocycles. The van der Waals surface area contributed by atoms with Crippen LogP contribution in [0.4, 0.5) is 0 Å². The lowest BCUT2D eigenvalue weighted by Gasteiger charge is -2.15. The topological polar surface area (TPSA) is 21.3 Å². The second-order valence-electron chi connectivity index (χ2n) is 3.46. The van der Waals surface area contributed by atoms with Crippen molar-refractivity contribution in [2.45, 2.75) is 25.8 Å². The molecule has 1 heterocycles. The zero-order chi connectivity index (χ0) is 11.1. The quantitative estimate of drug-likeness (QED) is 0.780. The number of likely N-dealkylation sites (N-methyl/N-ethyl adjacent to an activating group) is 1. The fraction of sp³-hybridized carbons (Fsp3) is 0.636. The van der Waals surface area contributed by atoms with Gasteiger partial charge >= 0.3 is 0 Å². The van der Waals surface area contributed by atoms with Crippen LogP contribution in [0, 0.1) is 0 Å². The Bertz CT molecular complexity index is 277. The highest BCUT2D eigenvalue weighted by Crippen LogP contribution is 2.23. The van der Waals surface area contributed by atoms with Gasteiger partial charge in [0.25, 0.3) is 0 Å². The van der Waals surface area contributed by atoms with Crippen LogP contribution in [0.15, 0.2) is 15.9 Å². The minimum absolute atomic E-state index is 0.409. The summed E-state index contributed by atoms with van der Waals surface area (Å²) in [6.07, 6.45) is 2.11. The molecule has 1 aromatic heterocycles. The smallest absolute Gasteiger partial charge is 0.0623 e. The molecule has 0 aliphatic heterocycles. The first-order chi connectivity index (χ1) is 7.27. The van der Waals surface area contributed by atoms with Crippen LogP contribution >= 0.6 is 27.3 Å². The van der Waals surface area contributed by atoms with E-state index in [-0.39, 0.29) is 0 Å². The van der Waals surface area contributed by atoms with Crippen molar-refractivity contribution in [1.82, 2.24) is 5.32 Å². The largest absolute Gasteiger partial charge is 0.380 e. The SMILES string of the molecule is CCCOCC(Cc1sccc1Br)NC. The van der Waals surface area contributed by atoms with Crippen molar-refractivity contribution in [1.29, 1.82) is 0 Å². The van der Waals surface area contributed by atoms with Gasteiger partial charge in [0.2, 0.25) is 0 Å². The Balaban J connectivity index is 2.36. The van der Waals surface area contributed by atoms with Gasteiger partial charge in [0.15, 0.2) is 0 Å². The molecule has 0 fully saturated rings. The van der Waals surface area contributed by atoms with E-state index in [1.54, 1.807) is 11.3 Å². The second kappa shape index (κ2) is 7.39. The van der Waals surface area contributed by atoms with Crippen molar-refractivity contribution in [2.75, 3.05) is 20.3 Å². The molecule has 1 N–H and O–H groups in total. The van der Waals surface area contributed by atoms with E-state index in [1.807, 2.05) is 7.05 Å². The van der Waals surface area contributed by atoms with Gasteiger partial charge in [-0.3, -0.25) is 0 Å². The first kappa shape index (κ1) is 13.2. The Kier molecular flexibility index (Phi) is 6.48. The molecule has 1 rings (SSSR count). The fourth-order valence-corrected chi connectivity index (χ4v) is 2.90. The third-order valence-electron chi connectivity index (χ3n) is 2.20. The number of ether oxygens (including phenoxy) is 1. The van der Waals surface area contributed by atoms with Crippen LogP contribution in [0.3, 0.4) is 0 Å². The minimum Gasteiger partial charge on any atom is -0.380 e. The molecule has 86 valence electrons. The van der Waals surface area contributed by atoms with E-state index in [0.717, 1.165) is 26.1 Å². The molecule has 4 heteroatoms. The van der Waals surface area contributed by atoms with Gasteiger partial charge in [0, 0.05) is 28.4 Å². The Morgan fingerprint density at radius 3 is 2.93 bits per heavy atom. The van der Waals surface area contributed by atoms with Gasteiger partial charge in [-0.25, -0.2) is 0 Å². The van der Waals surface area contributed by atoms with Gasteiger partial charge in [-0.2, -0.15) is 0 Å². The third-order valence-corrected chi connectivity index (χ3v) is 4.15. The van der Waals surface area contributed by atoms with E-state index < -0.39 is 0 Å². The Morgan fingerprint density at radius 1 is 1.60 bits per heavy atom. The van der Waals surface area contributed by atoms with Crippen molar-refractivity contribution in [3.63, 3.8) is 0 Å². The van der Waals surface area contributed by atoms with Crippen LogP contribution in [-0.2, 0) is 11.2 Å². The summed E-state index contributed by atoms with van der Waals surface area (Å²) >= 11 is 5.34. The molecule has 2 nitrogen and oxygen atoms in total. The second-order valence-corrected chi connectivity index (χ2v) is 5.31. The zero-order valence-electron chi connectivity index (χ0n) is 9.25. The van der Waals surface area contributed by atoms with E-state index >= 15 is 0 Å². The molecule has 0 radical (unpaired) electrons. The van der Waals surface area contributed by atoms with Crippen molar-refractivity contribution in [3.05, 3.63) is 20.8 Å². The summed E-state index contributed by atoms with van der Waals surface area (Å²) in [7, 11) is 1.99. The summed E-state index contributed by atoms with van der Waals surface area (Å²) in [4.78, 5) is 1.38. The number of hydrogen-bond donors (Lipinski definition) is 1. The lowest BCUT2D eigenvalue weighted by molar-refractivity contribution is 0.114.